The van der Waals surface area contributed by atoms with E-state index >= 15 is 0 Å². The maximum absolute atomic E-state index is 10.2. The van der Waals surface area contributed by atoms with Crippen molar-refractivity contribution in [3.63, 3.8) is 0 Å². The molecule has 0 amide bonds. The van der Waals surface area contributed by atoms with Crippen molar-refractivity contribution in [1.82, 2.24) is 0 Å². The van der Waals surface area contributed by atoms with E-state index in [1.165, 1.54) is 0 Å². The van der Waals surface area contributed by atoms with Gasteiger partial charge in [0.2, 0.25) is 0 Å². The minimum Gasteiger partial charge on any atom is -0.356 e. The van der Waals surface area contributed by atoms with Gasteiger partial charge in [-0.25, -0.2) is 0 Å². The molecule has 2 radical (unpaired) electrons. The molecule has 0 aromatic rings. The minimum absolute atomic E-state index is 0. The van der Waals surface area contributed by atoms with Crippen LogP contribution in [-0.2, 0) is 9.30 Å². The van der Waals surface area contributed by atoms with Gasteiger partial charge in [-0.3, -0.25) is 4.57 Å². The first-order valence-corrected chi connectivity index (χ1v) is 3.90. The Balaban J connectivity index is 0.000000640. The summed E-state index contributed by atoms with van der Waals surface area (Å²) in [6.07, 6.45) is -0.254. The van der Waals surface area contributed by atoms with Crippen LogP contribution in [0.5, 0.6) is 0 Å². The second kappa shape index (κ2) is 3.18. The van der Waals surface area contributed by atoms with E-state index in [2.05, 4.69) is 4.74 Å². The van der Waals surface area contributed by atoms with Crippen molar-refractivity contribution in [3.8, 4) is 0 Å². The van der Waals surface area contributed by atoms with E-state index in [4.69, 9.17) is 9.79 Å². The number of hydrogen-bond acceptors (Lipinski definition) is 2. The Morgan fingerprint density at radius 3 is 1.89 bits per heavy atom. The molecule has 6 heteroatoms. The van der Waals surface area contributed by atoms with Gasteiger partial charge in [0.25, 0.3) is 0 Å². The van der Waals surface area contributed by atoms with Gasteiger partial charge in [-0.05, 0) is 6.92 Å². The smallest absolute Gasteiger partial charge is 0.356 e. The predicted molar refractivity (Wildman–Crippen MR) is 32.1 cm³/mol. The molecule has 2 atom stereocenters. The fourth-order valence-electron chi connectivity index (χ4n) is 0.527. The van der Waals surface area contributed by atoms with Gasteiger partial charge in [-0.15, -0.1) is 0 Å². The van der Waals surface area contributed by atoms with Gasteiger partial charge in [0.05, 0.1) is 6.10 Å². The average molecular weight is 178 g/mol. The molecule has 1 rings (SSSR count). The molecule has 0 aromatic heterocycles. The van der Waals surface area contributed by atoms with E-state index in [0.717, 1.165) is 0 Å². The Hall–Kier alpha value is 1.37. The molecule has 1 heterocycles. The van der Waals surface area contributed by atoms with Crippen LogP contribution in [0.3, 0.4) is 0 Å². The van der Waals surface area contributed by atoms with Gasteiger partial charge in [0, 0.05) is 37.7 Å². The van der Waals surface area contributed by atoms with Crippen LogP contribution in [0.25, 0.3) is 0 Å². The van der Waals surface area contributed by atoms with Crippen LogP contribution in [0.2, 0.25) is 0 Å². The Bertz CT molecular complexity index is 143. The summed E-state index contributed by atoms with van der Waals surface area (Å²) in [7, 11) is -3.90. The molecule has 1 aliphatic rings. The second-order valence-corrected chi connectivity index (χ2v) is 3.51. The van der Waals surface area contributed by atoms with Crippen molar-refractivity contribution in [2.75, 3.05) is 0 Å². The quantitative estimate of drug-likeness (QED) is 0.323. The van der Waals surface area contributed by atoms with E-state index < -0.39 is 13.4 Å². The third kappa shape index (κ3) is 2.85. The van der Waals surface area contributed by atoms with Crippen LogP contribution < -0.4 is 0 Å². The van der Waals surface area contributed by atoms with Crippen LogP contribution in [0.15, 0.2) is 0 Å². The molecule has 1 saturated heterocycles. The molecule has 1 aliphatic heterocycles. The number of epoxide rings is 1. The summed E-state index contributed by atoms with van der Waals surface area (Å²) in [6.45, 7) is 1.63. The van der Waals surface area contributed by atoms with Crippen LogP contribution in [0.4, 0.5) is 0 Å². The van der Waals surface area contributed by atoms with Crippen molar-refractivity contribution in [2.45, 2.75) is 18.9 Å². The van der Waals surface area contributed by atoms with Gasteiger partial charge in [-0.1, -0.05) is 0 Å². The fraction of sp³-hybridized carbons (Fsp3) is 1.00. The molecule has 4 nitrogen and oxygen atoms in total. The fourth-order valence-corrected chi connectivity index (χ4v) is 1.42. The zero-order valence-electron chi connectivity index (χ0n) is 5.02. The Kier molecular flexibility index (Phi) is 3.66. The maximum Gasteiger partial charge on any atom is 0.356 e. The predicted octanol–water partition coefficient (Wildman–Crippen LogP) is -0.472. The van der Waals surface area contributed by atoms with E-state index in [-0.39, 0.29) is 43.8 Å². The first kappa shape index (κ1) is 10.4. The summed E-state index contributed by atoms with van der Waals surface area (Å²) in [5, 5.41) is 0. The normalized spacial score (nSPS) is 33.2. The number of hydrogen-bond donors (Lipinski definition) is 2. The molecule has 9 heavy (non-hydrogen) atoms. The number of ether oxygens (including phenoxy) is 1. The third-order valence-corrected chi connectivity index (χ3v) is 2.22. The summed E-state index contributed by atoms with van der Waals surface area (Å²) in [5.74, 6) is -0.817. The van der Waals surface area contributed by atoms with E-state index in [1.54, 1.807) is 6.92 Å². The summed E-state index contributed by atoms with van der Waals surface area (Å²) in [4.78, 5) is 16.6. The van der Waals surface area contributed by atoms with Crippen molar-refractivity contribution in [3.05, 3.63) is 0 Å². The van der Waals surface area contributed by atoms with Gasteiger partial charge in [0.1, 0.15) is 0 Å². The SMILES string of the molecule is C[C@H]1O[C@H]1P(=O)(O)O.[Ca]. The molecule has 0 aromatic carbocycles. The van der Waals surface area contributed by atoms with Crippen molar-refractivity contribution in [2.24, 2.45) is 0 Å². The molecule has 0 bridgehead atoms. The zero-order valence-corrected chi connectivity index (χ0v) is 8.12. The second-order valence-electron chi connectivity index (χ2n) is 1.82. The Morgan fingerprint density at radius 2 is 1.89 bits per heavy atom. The molecule has 0 aliphatic carbocycles. The van der Waals surface area contributed by atoms with E-state index in [0.29, 0.717) is 0 Å². The van der Waals surface area contributed by atoms with Crippen molar-refractivity contribution in [1.29, 1.82) is 0 Å². The third-order valence-electron chi connectivity index (χ3n) is 1.01. The topological polar surface area (TPSA) is 70.1 Å². The van der Waals surface area contributed by atoms with Crippen molar-refractivity contribution < 1.29 is 19.1 Å². The van der Waals surface area contributed by atoms with E-state index in [1.807, 2.05) is 0 Å². The molecule has 0 saturated carbocycles. The Labute approximate surface area is 82.7 Å². The molecule has 2 N–H and O–H groups in total. The average Bonchev–Trinajstić information content (AvgIpc) is 2.13. The maximum atomic E-state index is 10.2. The molecule has 0 unspecified atom stereocenters. The molecule has 0 spiro atoms. The van der Waals surface area contributed by atoms with Gasteiger partial charge < -0.3 is 14.5 Å². The number of rotatable bonds is 1. The summed E-state index contributed by atoms with van der Waals surface area (Å²) in [5.41, 5.74) is 0. The van der Waals surface area contributed by atoms with E-state index in [9.17, 15) is 4.57 Å². The Morgan fingerprint density at radius 1 is 1.56 bits per heavy atom. The zero-order chi connectivity index (χ0) is 6.36. The molecule has 1 fully saturated rings. The molecule has 50 valence electrons. The summed E-state index contributed by atoms with van der Waals surface area (Å²) >= 11 is 0. The van der Waals surface area contributed by atoms with Crippen LogP contribution in [-0.4, -0.2) is 59.5 Å². The largest absolute Gasteiger partial charge is 0.356 e. The van der Waals surface area contributed by atoms with Gasteiger partial charge >= 0.3 is 7.60 Å². The molecular formula is C3H7CaO4P. The first-order valence-electron chi connectivity index (χ1n) is 2.22. The van der Waals surface area contributed by atoms with Crippen LogP contribution in [0, 0.1) is 0 Å². The summed E-state index contributed by atoms with van der Waals surface area (Å²) < 4.78 is 14.7. The van der Waals surface area contributed by atoms with Gasteiger partial charge in [0.15, 0.2) is 5.85 Å². The van der Waals surface area contributed by atoms with Crippen LogP contribution in [0.1, 0.15) is 6.92 Å². The van der Waals surface area contributed by atoms with Gasteiger partial charge in [-0.2, -0.15) is 0 Å². The molecular weight excluding hydrogens is 171 g/mol. The first-order chi connectivity index (χ1) is 3.52. The van der Waals surface area contributed by atoms with Crippen LogP contribution >= 0.6 is 7.60 Å². The minimum atomic E-state index is -3.90. The monoisotopic (exact) mass is 178 g/mol. The standard InChI is InChI=1S/C3H7O4P.Ca/c1-2-3(7-2)8(4,5)6;/h2-3H,1H3,(H2,4,5,6);/t2-,3+;/m1./s1. The van der Waals surface area contributed by atoms with Crippen molar-refractivity contribution >= 4 is 45.3 Å². The summed E-state index contributed by atoms with van der Waals surface area (Å²) in [6, 6.07) is 0.